The van der Waals surface area contributed by atoms with Crippen LogP contribution in [0.3, 0.4) is 0 Å². The Morgan fingerprint density at radius 3 is 2.35 bits per heavy atom. The third-order valence-electron chi connectivity index (χ3n) is 6.35. The topological polar surface area (TPSA) is 102 Å². The molecule has 0 radical (unpaired) electrons. The maximum atomic E-state index is 13.0. The smallest absolute Gasteiger partial charge is 0.330 e. The SMILES string of the molecule is COc1cccc(NC(=O)COC(=O)[C@H](C(C)C)N2C(=O)[C@@H]3[C@H](C2=O)[C@H]2C=C[C@H]3C2)c1. The first-order valence-electron chi connectivity index (χ1n) is 10.5. The highest BCUT2D eigenvalue weighted by Gasteiger charge is 2.61. The standard InChI is InChI=1S/C23H26N2O6/c1-12(2)20(25-21(27)18-13-7-8-14(9-13)19(18)22(25)28)23(29)31-11-17(26)24-15-5-4-6-16(10-15)30-3/h4-8,10,12-14,18-20H,9,11H2,1-3H3,(H,24,26)/t13-,14-,18-,19+,20-/m0/s1. The highest BCUT2D eigenvalue weighted by Crippen LogP contribution is 2.53. The lowest BCUT2D eigenvalue weighted by Crippen LogP contribution is -2.50. The van der Waals surface area contributed by atoms with Crippen LogP contribution in [0.2, 0.25) is 0 Å². The first-order valence-corrected chi connectivity index (χ1v) is 10.5. The van der Waals surface area contributed by atoms with Gasteiger partial charge < -0.3 is 14.8 Å². The fraction of sp³-hybridized carbons (Fsp3) is 0.478. The molecule has 31 heavy (non-hydrogen) atoms. The number of carbonyl (C=O) groups is 4. The van der Waals surface area contributed by atoms with Crippen molar-refractivity contribution in [3.05, 3.63) is 36.4 Å². The maximum Gasteiger partial charge on any atom is 0.330 e. The number of likely N-dealkylation sites (tertiary alicyclic amines) is 1. The van der Waals surface area contributed by atoms with E-state index in [1.165, 1.54) is 7.11 Å². The zero-order valence-electron chi connectivity index (χ0n) is 17.7. The highest BCUT2D eigenvalue weighted by atomic mass is 16.5. The summed E-state index contributed by atoms with van der Waals surface area (Å²) in [6.07, 6.45) is 4.83. The molecule has 1 heterocycles. The van der Waals surface area contributed by atoms with E-state index < -0.39 is 24.5 Å². The van der Waals surface area contributed by atoms with Crippen molar-refractivity contribution in [2.45, 2.75) is 26.3 Å². The Morgan fingerprint density at radius 2 is 1.77 bits per heavy atom. The van der Waals surface area contributed by atoms with Gasteiger partial charge in [-0.05, 0) is 36.3 Å². The van der Waals surface area contributed by atoms with Gasteiger partial charge in [0.1, 0.15) is 11.8 Å². The number of ether oxygens (including phenoxy) is 2. The number of carbonyl (C=O) groups excluding carboxylic acids is 4. The van der Waals surface area contributed by atoms with E-state index in [0.717, 1.165) is 11.3 Å². The second-order valence-corrected chi connectivity index (χ2v) is 8.62. The van der Waals surface area contributed by atoms with Gasteiger partial charge in [0.05, 0.1) is 18.9 Å². The monoisotopic (exact) mass is 426 g/mol. The molecule has 2 bridgehead atoms. The van der Waals surface area contributed by atoms with Crippen molar-refractivity contribution in [3.8, 4) is 5.75 Å². The largest absolute Gasteiger partial charge is 0.497 e. The Balaban J connectivity index is 1.41. The molecule has 1 aromatic rings. The van der Waals surface area contributed by atoms with Gasteiger partial charge in [-0.25, -0.2) is 4.79 Å². The Morgan fingerprint density at radius 1 is 1.13 bits per heavy atom. The van der Waals surface area contributed by atoms with Gasteiger partial charge in [-0.2, -0.15) is 0 Å². The number of methoxy groups -OCH3 is 1. The zero-order valence-corrected chi connectivity index (χ0v) is 17.7. The number of rotatable bonds is 7. The second kappa shape index (κ2) is 8.17. The molecule has 2 aliphatic carbocycles. The van der Waals surface area contributed by atoms with Crippen molar-refractivity contribution in [2.24, 2.45) is 29.6 Å². The molecule has 0 spiro atoms. The number of anilines is 1. The summed E-state index contributed by atoms with van der Waals surface area (Å²) < 4.78 is 10.3. The molecular formula is C23H26N2O6. The summed E-state index contributed by atoms with van der Waals surface area (Å²) in [6.45, 7) is 2.99. The number of allylic oxidation sites excluding steroid dienone is 2. The molecule has 1 aliphatic heterocycles. The minimum Gasteiger partial charge on any atom is -0.497 e. The molecule has 4 rings (SSSR count). The number of esters is 1. The second-order valence-electron chi connectivity index (χ2n) is 8.62. The molecule has 0 unspecified atom stereocenters. The van der Waals surface area contributed by atoms with Crippen LogP contribution < -0.4 is 10.1 Å². The number of benzene rings is 1. The number of imide groups is 1. The normalized spacial score (nSPS) is 26.9. The predicted octanol–water partition coefficient (Wildman–Crippen LogP) is 2.01. The van der Waals surface area contributed by atoms with Gasteiger partial charge >= 0.3 is 5.97 Å². The number of hydrogen-bond acceptors (Lipinski definition) is 6. The minimum absolute atomic E-state index is 0.0638. The van der Waals surface area contributed by atoms with Gasteiger partial charge in [-0.15, -0.1) is 0 Å². The summed E-state index contributed by atoms with van der Waals surface area (Å²) in [6, 6.07) is 5.73. The molecule has 8 heteroatoms. The number of hydrogen-bond donors (Lipinski definition) is 1. The fourth-order valence-electron chi connectivity index (χ4n) is 5.00. The minimum atomic E-state index is -1.05. The van der Waals surface area contributed by atoms with Gasteiger partial charge in [0.25, 0.3) is 5.91 Å². The van der Waals surface area contributed by atoms with E-state index in [-0.39, 0.29) is 41.4 Å². The highest BCUT2D eigenvalue weighted by molar-refractivity contribution is 6.09. The van der Waals surface area contributed by atoms with Crippen LogP contribution in [0.25, 0.3) is 0 Å². The van der Waals surface area contributed by atoms with Gasteiger partial charge in [-0.3, -0.25) is 19.3 Å². The molecule has 5 atom stereocenters. The van der Waals surface area contributed by atoms with E-state index >= 15 is 0 Å². The van der Waals surface area contributed by atoms with Crippen LogP contribution in [0.15, 0.2) is 36.4 Å². The van der Waals surface area contributed by atoms with E-state index in [1.54, 1.807) is 38.1 Å². The summed E-state index contributed by atoms with van der Waals surface area (Å²) in [4.78, 5) is 52.3. The van der Waals surface area contributed by atoms with E-state index in [2.05, 4.69) is 5.32 Å². The molecule has 1 saturated carbocycles. The average molecular weight is 426 g/mol. The summed E-state index contributed by atoms with van der Waals surface area (Å²) in [5, 5.41) is 2.63. The van der Waals surface area contributed by atoms with Crippen LogP contribution in [0.5, 0.6) is 5.75 Å². The average Bonchev–Trinajstić information content (AvgIpc) is 3.42. The molecule has 0 aromatic heterocycles. The maximum absolute atomic E-state index is 13.0. The third-order valence-corrected chi connectivity index (χ3v) is 6.35. The van der Waals surface area contributed by atoms with Crippen LogP contribution >= 0.6 is 0 Å². The van der Waals surface area contributed by atoms with Crippen molar-refractivity contribution in [3.63, 3.8) is 0 Å². The summed E-state index contributed by atoms with van der Waals surface area (Å²) in [7, 11) is 1.52. The lowest BCUT2D eigenvalue weighted by Gasteiger charge is -2.28. The summed E-state index contributed by atoms with van der Waals surface area (Å²) >= 11 is 0. The van der Waals surface area contributed by atoms with E-state index in [4.69, 9.17) is 9.47 Å². The summed E-state index contributed by atoms with van der Waals surface area (Å²) in [5.41, 5.74) is 0.501. The molecule has 1 aromatic carbocycles. The number of nitrogens with one attached hydrogen (secondary N) is 1. The van der Waals surface area contributed by atoms with Gasteiger partial charge in [-0.1, -0.05) is 32.1 Å². The molecule has 3 amide bonds. The van der Waals surface area contributed by atoms with Crippen molar-refractivity contribution < 1.29 is 28.7 Å². The van der Waals surface area contributed by atoms with Crippen LogP contribution in [-0.2, 0) is 23.9 Å². The van der Waals surface area contributed by atoms with E-state index in [1.807, 2.05) is 12.2 Å². The Labute approximate surface area is 180 Å². The summed E-state index contributed by atoms with van der Waals surface area (Å²) in [5.74, 6) is -2.28. The van der Waals surface area contributed by atoms with Crippen LogP contribution in [0, 0.1) is 29.6 Å². The van der Waals surface area contributed by atoms with Crippen molar-refractivity contribution >= 4 is 29.4 Å². The zero-order chi connectivity index (χ0) is 22.3. The molecule has 164 valence electrons. The molecule has 1 saturated heterocycles. The first-order chi connectivity index (χ1) is 14.8. The molecule has 3 aliphatic rings. The van der Waals surface area contributed by atoms with Gasteiger partial charge in [0.15, 0.2) is 6.61 Å². The van der Waals surface area contributed by atoms with Gasteiger partial charge in [0, 0.05) is 11.8 Å². The molecular weight excluding hydrogens is 400 g/mol. The Hall–Kier alpha value is -3.16. The Bertz CT molecular complexity index is 925. The molecule has 2 fully saturated rings. The Kier molecular flexibility index (Phi) is 5.56. The first kappa shape index (κ1) is 21.1. The number of nitrogens with zero attached hydrogens (tertiary/aromatic N) is 1. The fourth-order valence-corrected chi connectivity index (χ4v) is 5.00. The van der Waals surface area contributed by atoms with Crippen molar-refractivity contribution in [2.75, 3.05) is 19.0 Å². The predicted molar refractivity (Wildman–Crippen MR) is 111 cm³/mol. The van der Waals surface area contributed by atoms with Crippen LogP contribution in [0.1, 0.15) is 20.3 Å². The van der Waals surface area contributed by atoms with Crippen molar-refractivity contribution in [1.29, 1.82) is 0 Å². The van der Waals surface area contributed by atoms with Crippen LogP contribution in [0.4, 0.5) is 5.69 Å². The van der Waals surface area contributed by atoms with Gasteiger partial charge in [0.2, 0.25) is 11.8 Å². The number of fused-ring (bicyclic) bond motifs is 5. The third kappa shape index (κ3) is 3.71. The molecule has 8 nitrogen and oxygen atoms in total. The lowest BCUT2D eigenvalue weighted by molar-refractivity contribution is -0.162. The quantitative estimate of drug-likeness (QED) is 0.407. The molecule has 1 N–H and O–H groups in total. The van der Waals surface area contributed by atoms with Crippen LogP contribution in [-0.4, -0.2) is 48.3 Å². The number of amides is 3. The van der Waals surface area contributed by atoms with E-state index in [0.29, 0.717) is 11.4 Å². The van der Waals surface area contributed by atoms with Crippen molar-refractivity contribution in [1.82, 2.24) is 4.90 Å². The van der Waals surface area contributed by atoms with E-state index in [9.17, 15) is 19.2 Å². The lowest BCUT2D eigenvalue weighted by atomic mass is 9.85.